The molecule has 0 bridgehead atoms. The average Bonchev–Trinajstić information content (AvgIpc) is 3.38. The second kappa shape index (κ2) is 12.1. The van der Waals surface area contributed by atoms with E-state index < -0.39 is 36.6 Å². The number of benzodiazepines with no additional fused rings is 1. The van der Waals surface area contributed by atoms with Crippen LogP contribution in [0, 0.1) is 5.82 Å². The van der Waals surface area contributed by atoms with Crippen molar-refractivity contribution in [1.82, 2.24) is 19.8 Å². The lowest BCUT2D eigenvalue weighted by Crippen LogP contribution is -2.54. The third-order valence-electron chi connectivity index (χ3n) is 7.90. The molecule has 1 atom stereocenters. The van der Waals surface area contributed by atoms with Gasteiger partial charge in [0.2, 0.25) is 6.17 Å². The van der Waals surface area contributed by atoms with Gasteiger partial charge in [0.15, 0.2) is 0 Å². The summed E-state index contributed by atoms with van der Waals surface area (Å²) in [5.74, 6) is -1.41. The third kappa shape index (κ3) is 6.37. The summed E-state index contributed by atoms with van der Waals surface area (Å²) in [4.78, 5) is 49.1. The molecule has 0 spiro atoms. The van der Waals surface area contributed by atoms with Crippen molar-refractivity contribution in [2.75, 3.05) is 24.5 Å². The quantitative estimate of drug-likeness (QED) is 0.304. The normalized spacial score (nSPS) is 17.5. The Kier molecular flexibility index (Phi) is 8.00. The monoisotopic (exact) mass is 620 g/mol. The highest BCUT2D eigenvalue weighted by Crippen LogP contribution is 2.31. The van der Waals surface area contributed by atoms with E-state index in [4.69, 9.17) is 0 Å². The molecule has 0 saturated carbocycles. The molecule has 0 radical (unpaired) electrons. The zero-order chi connectivity index (χ0) is 31.7. The maximum Gasteiger partial charge on any atom is 0.406 e. The van der Waals surface area contributed by atoms with Crippen LogP contribution in [0.25, 0.3) is 11.3 Å². The fraction of sp³-hybridized carbons (Fsp3) is 0.250. The predicted molar refractivity (Wildman–Crippen MR) is 160 cm³/mol. The average molecular weight is 621 g/mol. The van der Waals surface area contributed by atoms with Crippen molar-refractivity contribution in [2.24, 2.45) is 4.99 Å². The van der Waals surface area contributed by atoms with Gasteiger partial charge in [-0.1, -0.05) is 48.5 Å². The predicted octanol–water partition coefficient (Wildman–Crippen LogP) is 5.10. The highest BCUT2D eigenvalue weighted by atomic mass is 19.4. The number of piperidine rings is 1. The molecule has 2 N–H and O–H groups in total. The molecule has 232 valence electrons. The van der Waals surface area contributed by atoms with Crippen molar-refractivity contribution in [3.8, 4) is 11.3 Å². The molecule has 1 saturated heterocycles. The molecule has 1 aromatic heterocycles. The third-order valence-corrected chi connectivity index (χ3v) is 7.90. The van der Waals surface area contributed by atoms with E-state index in [9.17, 15) is 31.9 Å². The van der Waals surface area contributed by atoms with Gasteiger partial charge >= 0.3 is 17.9 Å². The Morgan fingerprint density at radius 3 is 2.27 bits per heavy atom. The van der Waals surface area contributed by atoms with Crippen LogP contribution in [0.1, 0.15) is 30.0 Å². The number of aromatic amines is 1. The lowest BCUT2D eigenvalue weighted by molar-refractivity contribution is -0.133. The van der Waals surface area contributed by atoms with Crippen LogP contribution in [-0.2, 0) is 4.79 Å². The Bertz CT molecular complexity index is 1790. The molecular weight excluding hydrogens is 592 g/mol. The number of carbonyl (C=O) groups is 2. The minimum absolute atomic E-state index is 0.0388. The lowest BCUT2D eigenvalue weighted by Gasteiger charge is -2.33. The molecule has 0 aliphatic carbocycles. The molecule has 9 nitrogen and oxygen atoms in total. The zero-order valence-corrected chi connectivity index (χ0v) is 23.8. The maximum absolute atomic E-state index is 13.7. The van der Waals surface area contributed by atoms with Gasteiger partial charge in [-0.15, -0.1) is 0 Å². The van der Waals surface area contributed by atoms with Crippen molar-refractivity contribution in [3.63, 3.8) is 0 Å². The van der Waals surface area contributed by atoms with Crippen LogP contribution in [0.2, 0.25) is 0 Å². The number of aliphatic imine (C=N–C) groups is 1. The van der Waals surface area contributed by atoms with E-state index in [1.165, 1.54) is 23.1 Å². The number of halogens is 4. The van der Waals surface area contributed by atoms with Crippen molar-refractivity contribution in [3.05, 3.63) is 112 Å². The molecule has 1 fully saturated rings. The van der Waals surface area contributed by atoms with E-state index in [1.807, 2.05) is 0 Å². The molecule has 3 aromatic carbocycles. The molecule has 4 aromatic rings. The maximum atomic E-state index is 13.7. The molecule has 0 unspecified atom stereocenters. The molecule has 2 aliphatic heterocycles. The molecule has 45 heavy (non-hydrogen) atoms. The largest absolute Gasteiger partial charge is 0.406 e. The Morgan fingerprint density at radius 1 is 0.911 bits per heavy atom. The zero-order valence-electron chi connectivity index (χ0n) is 23.8. The molecule has 3 heterocycles. The van der Waals surface area contributed by atoms with Crippen LogP contribution in [0.5, 0.6) is 0 Å². The van der Waals surface area contributed by atoms with Crippen LogP contribution in [-0.4, -0.2) is 64.1 Å². The first-order valence-electron chi connectivity index (χ1n) is 14.3. The number of nitrogens with zero attached hydrogens (tertiary/aromatic N) is 4. The second-order valence-electron chi connectivity index (χ2n) is 10.9. The minimum atomic E-state index is -4.71. The first kappa shape index (κ1) is 29.9. The summed E-state index contributed by atoms with van der Waals surface area (Å²) in [6.45, 7) is -1.10. The minimum Gasteiger partial charge on any atom is -0.325 e. The molecular formula is C32H28F4N6O3. The van der Waals surface area contributed by atoms with Gasteiger partial charge in [0.05, 0.1) is 17.1 Å². The van der Waals surface area contributed by atoms with Gasteiger partial charge in [-0.25, -0.2) is 19.0 Å². The van der Waals surface area contributed by atoms with E-state index >= 15 is 0 Å². The Hall–Kier alpha value is -5.20. The number of benzene rings is 3. The van der Waals surface area contributed by atoms with Crippen molar-refractivity contribution >= 4 is 23.3 Å². The molecule has 6 rings (SSSR count). The van der Waals surface area contributed by atoms with Crippen LogP contribution in [0.3, 0.4) is 0 Å². The van der Waals surface area contributed by atoms with E-state index in [0.717, 1.165) is 0 Å². The summed E-state index contributed by atoms with van der Waals surface area (Å²) in [6, 6.07) is 19.8. The molecule has 2 aliphatic rings. The topological polar surface area (TPSA) is 103 Å². The number of aromatic nitrogens is 2. The highest BCUT2D eigenvalue weighted by molar-refractivity contribution is 6.20. The summed E-state index contributed by atoms with van der Waals surface area (Å²) in [7, 11) is 0. The van der Waals surface area contributed by atoms with E-state index in [0.29, 0.717) is 40.1 Å². The van der Waals surface area contributed by atoms with Gasteiger partial charge in [0.1, 0.15) is 12.4 Å². The summed E-state index contributed by atoms with van der Waals surface area (Å²) < 4.78 is 55.9. The summed E-state index contributed by atoms with van der Waals surface area (Å²) >= 11 is 0. The van der Waals surface area contributed by atoms with Gasteiger partial charge in [0, 0.05) is 36.5 Å². The number of hydrogen-bond acceptors (Lipinski definition) is 4. The van der Waals surface area contributed by atoms with Crippen LogP contribution < -0.4 is 15.9 Å². The number of alkyl halides is 3. The number of fused-ring (bicyclic) bond motifs is 1. The summed E-state index contributed by atoms with van der Waals surface area (Å²) in [5, 5.41) is 2.56. The number of carbonyl (C=O) groups excluding carboxylic acids is 2. The Morgan fingerprint density at radius 2 is 1.58 bits per heavy atom. The number of imidazole rings is 1. The number of amides is 3. The van der Waals surface area contributed by atoms with Gasteiger partial charge in [-0.3, -0.25) is 14.3 Å². The Balaban J connectivity index is 1.22. The van der Waals surface area contributed by atoms with Crippen molar-refractivity contribution < 1.29 is 27.2 Å². The number of hydrogen-bond donors (Lipinski definition) is 2. The second-order valence-corrected chi connectivity index (χ2v) is 10.9. The standard InChI is InChI=1S/C32H28F4N6O3/c33-22-12-10-20(11-13-22)25-18-41(31(45)37-25)23-14-16-40(17-15-23)30(44)39-28-29(43)42(19-32(34,35)36)26-9-5-4-8-24(26)27(38-28)21-6-2-1-3-7-21/h1-13,18,23,28H,14-17,19H2,(H,37,45)(H,39,44)/t28-/m0/s1. The van der Waals surface area contributed by atoms with Gasteiger partial charge in [-0.05, 0) is 48.7 Å². The fourth-order valence-electron chi connectivity index (χ4n) is 5.70. The number of H-pyrrole nitrogens is 1. The first-order chi connectivity index (χ1) is 21.6. The fourth-order valence-corrected chi connectivity index (χ4v) is 5.70. The van der Waals surface area contributed by atoms with Crippen LogP contribution in [0.4, 0.5) is 28.0 Å². The lowest BCUT2D eigenvalue weighted by atomic mass is 10.0. The van der Waals surface area contributed by atoms with Gasteiger partial charge < -0.3 is 15.2 Å². The van der Waals surface area contributed by atoms with Crippen LogP contribution in [0.15, 0.2) is 94.8 Å². The van der Waals surface area contributed by atoms with Gasteiger partial charge in [-0.2, -0.15) is 13.2 Å². The van der Waals surface area contributed by atoms with Crippen molar-refractivity contribution in [1.29, 1.82) is 0 Å². The van der Waals surface area contributed by atoms with E-state index in [-0.39, 0.29) is 36.2 Å². The molecule has 3 amide bonds. The van der Waals surface area contributed by atoms with Gasteiger partial charge in [0.25, 0.3) is 5.91 Å². The number of anilines is 1. The first-order valence-corrected chi connectivity index (χ1v) is 14.3. The van der Waals surface area contributed by atoms with Crippen LogP contribution >= 0.6 is 0 Å². The number of para-hydroxylation sites is 1. The number of urea groups is 1. The van der Waals surface area contributed by atoms with Crippen molar-refractivity contribution in [2.45, 2.75) is 31.2 Å². The Labute approximate surface area is 254 Å². The smallest absolute Gasteiger partial charge is 0.325 e. The number of rotatable bonds is 5. The SMILES string of the molecule is O=C(N[C@@H]1N=C(c2ccccc2)c2ccccc2N(CC(F)(F)F)C1=O)N1CCC(n2cc(-c3ccc(F)cc3)[nH]c2=O)CC1. The van der Waals surface area contributed by atoms with E-state index in [2.05, 4.69) is 15.3 Å². The number of nitrogens with one attached hydrogen (secondary N) is 2. The number of likely N-dealkylation sites (tertiary alicyclic amines) is 1. The van der Waals surface area contributed by atoms with E-state index in [1.54, 1.807) is 71.4 Å². The highest BCUT2D eigenvalue weighted by Gasteiger charge is 2.40. The summed E-state index contributed by atoms with van der Waals surface area (Å²) in [5.41, 5.74) is 2.06. The molecule has 13 heteroatoms. The summed E-state index contributed by atoms with van der Waals surface area (Å²) in [6.07, 6.45) is -3.84.